The highest BCUT2D eigenvalue weighted by atomic mass is 16.6. The fourth-order valence-electron chi connectivity index (χ4n) is 5.87. The van der Waals surface area contributed by atoms with Crippen LogP contribution < -0.4 is 9.47 Å². The number of para-hydroxylation sites is 1. The Morgan fingerprint density at radius 1 is 0.800 bits per heavy atom. The molecule has 0 spiro atoms. The van der Waals surface area contributed by atoms with Crippen LogP contribution in [0.1, 0.15) is 34.6 Å². The van der Waals surface area contributed by atoms with Gasteiger partial charge in [0.15, 0.2) is 5.60 Å². The van der Waals surface area contributed by atoms with Gasteiger partial charge in [0.25, 0.3) is 0 Å². The van der Waals surface area contributed by atoms with Gasteiger partial charge in [0.05, 0.1) is 13.2 Å². The molecule has 1 saturated carbocycles. The zero-order chi connectivity index (χ0) is 23.9. The summed E-state index contributed by atoms with van der Waals surface area (Å²) in [6, 6.07) is 36.4. The first-order chi connectivity index (χ1) is 17.2. The van der Waals surface area contributed by atoms with E-state index in [0.717, 1.165) is 33.8 Å². The van der Waals surface area contributed by atoms with Gasteiger partial charge in [-0.25, -0.2) is 0 Å². The number of fused-ring (bicyclic) bond motifs is 1. The maximum Gasteiger partial charge on any atom is 0.157 e. The number of hydrogen-bond acceptors (Lipinski definition) is 4. The minimum Gasteiger partial charge on any atom is -0.497 e. The molecule has 2 fully saturated rings. The molecular weight excluding hydrogens is 436 g/mol. The lowest BCUT2D eigenvalue weighted by molar-refractivity contribution is 0.0521. The standard InChI is InChI=1S/C31H28O4/c1-33-25-18-16-24(17-19-25)30-27(23-12-6-3-7-13-23)20-29(32)31(30,35-30)26-14-8-9-15-28(26)34-21-22-10-4-2-5-11-22/h2-19,27,29,32H,20-21H2,1H3/t27-,29+,30-,31+/m0/s1. The van der Waals surface area contributed by atoms with Crippen LogP contribution in [0.4, 0.5) is 0 Å². The first-order valence-corrected chi connectivity index (χ1v) is 12.0. The number of rotatable bonds is 7. The molecular formula is C31H28O4. The molecule has 4 aromatic rings. The number of aliphatic hydroxyl groups is 1. The van der Waals surface area contributed by atoms with Gasteiger partial charge in [-0.3, -0.25) is 0 Å². The van der Waals surface area contributed by atoms with E-state index in [-0.39, 0.29) is 5.92 Å². The van der Waals surface area contributed by atoms with Crippen LogP contribution in [0.5, 0.6) is 11.5 Å². The highest BCUT2D eigenvalue weighted by molar-refractivity contribution is 5.55. The number of aliphatic hydroxyl groups excluding tert-OH is 1. The molecule has 0 amide bonds. The van der Waals surface area contributed by atoms with Crippen LogP contribution >= 0.6 is 0 Å². The van der Waals surface area contributed by atoms with E-state index in [1.165, 1.54) is 0 Å². The lowest BCUT2D eigenvalue weighted by atomic mass is 9.77. The van der Waals surface area contributed by atoms with Gasteiger partial charge in [0.2, 0.25) is 0 Å². The van der Waals surface area contributed by atoms with Gasteiger partial charge in [-0.2, -0.15) is 0 Å². The van der Waals surface area contributed by atoms with Crippen LogP contribution in [0.2, 0.25) is 0 Å². The summed E-state index contributed by atoms with van der Waals surface area (Å²) < 4.78 is 18.5. The molecule has 1 aliphatic heterocycles. The number of hydrogen-bond donors (Lipinski definition) is 1. The third-order valence-corrected chi connectivity index (χ3v) is 7.50. The monoisotopic (exact) mass is 464 g/mol. The van der Waals surface area contributed by atoms with Gasteiger partial charge in [-0.15, -0.1) is 0 Å². The maximum absolute atomic E-state index is 11.6. The molecule has 6 rings (SSSR count). The van der Waals surface area contributed by atoms with Crippen molar-refractivity contribution in [3.8, 4) is 11.5 Å². The highest BCUT2D eigenvalue weighted by Crippen LogP contribution is 2.76. The van der Waals surface area contributed by atoms with Crippen molar-refractivity contribution >= 4 is 0 Å². The predicted molar refractivity (Wildman–Crippen MR) is 134 cm³/mol. The summed E-state index contributed by atoms with van der Waals surface area (Å²) in [5.74, 6) is 1.52. The zero-order valence-corrected chi connectivity index (χ0v) is 19.6. The molecule has 35 heavy (non-hydrogen) atoms. The van der Waals surface area contributed by atoms with Gasteiger partial charge < -0.3 is 19.3 Å². The second-order valence-corrected chi connectivity index (χ2v) is 9.29. The van der Waals surface area contributed by atoms with E-state index in [2.05, 4.69) is 24.3 Å². The van der Waals surface area contributed by atoms with Crippen LogP contribution in [0, 0.1) is 0 Å². The summed E-state index contributed by atoms with van der Waals surface area (Å²) in [4.78, 5) is 0. The molecule has 0 aromatic heterocycles. The minimum absolute atomic E-state index is 0.00530. The summed E-state index contributed by atoms with van der Waals surface area (Å²) in [6.45, 7) is 0.446. The smallest absolute Gasteiger partial charge is 0.157 e. The molecule has 0 unspecified atom stereocenters. The summed E-state index contributed by atoms with van der Waals surface area (Å²) in [6.07, 6.45) is -0.0837. The summed E-state index contributed by atoms with van der Waals surface area (Å²) in [7, 11) is 1.66. The number of benzene rings is 4. The molecule has 1 saturated heterocycles. The van der Waals surface area contributed by atoms with Crippen molar-refractivity contribution in [1.82, 2.24) is 0 Å². The SMILES string of the molecule is COc1ccc([C@@]23O[C@]2(c2ccccc2OCc2ccccc2)[C@H](O)C[C@H]3c2ccccc2)cc1. The first kappa shape index (κ1) is 21.9. The van der Waals surface area contributed by atoms with Gasteiger partial charge >= 0.3 is 0 Å². The van der Waals surface area contributed by atoms with E-state index in [4.69, 9.17) is 14.2 Å². The van der Waals surface area contributed by atoms with Crippen molar-refractivity contribution in [2.24, 2.45) is 0 Å². The third-order valence-electron chi connectivity index (χ3n) is 7.50. The number of epoxide rings is 1. The van der Waals surface area contributed by atoms with Gasteiger partial charge in [-0.05, 0) is 41.3 Å². The molecule has 0 bridgehead atoms. The summed E-state index contributed by atoms with van der Waals surface area (Å²) >= 11 is 0. The Hall–Kier alpha value is -3.60. The Morgan fingerprint density at radius 2 is 1.46 bits per heavy atom. The van der Waals surface area contributed by atoms with E-state index < -0.39 is 17.3 Å². The van der Waals surface area contributed by atoms with Crippen molar-refractivity contribution in [3.05, 3.63) is 131 Å². The summed E-state index contributed by atoms with van der Waals surface area (Å²) in [5, 5.41) is 11.6. The number of methoxy groups -OCH3 is 1. The Bertz CT molecular complexity index is 1300. The van der Waals surface area contributed by atoms with Crippen molar-refractivity contribution in [3.63, 3.8) is 0 Å². The predicted octanol–water partition coefficient (Wildman–Crippen LogP) is 5.94. The van der Waals surface area contributed by atoms with Gasteiger partial charge in [0, 0.05) is 11.5 Å². The second-order valence-electron chi connectivity index (χ2n) is 9.29. The maximum atomic E-state index is 11.6. The molecule has 1 heterocycles. The topological polar surface area (TPSA) is 51.2 Å². The molecule has 4 aromatic carbocycles. The first-order valence-electron chi connectivity index (χ1n) is 12.0. The molecule has 1 aliphatic carbocycles. The minimum atomic E-state index is -0.893. The van der Waals surface area contributed by atoms with E-state index in [9.17, 15) is 5.11 Å². The fraction of sp³-hybridized carbons (Fsp3) is 0.226. The van der Waals surface area contributed by atoms with Crippen LogP contribution in [0.15, 0.2) is 109 Å². The van der Waals surface area contributed by atoms with E-state index in [1.54, 1.807) is 7.11 Å². The molecule has 4 atom stereocenters. The lowest BCUT2D eigenvalue weighted by Crippen LogP contribution is -2.28. The number of ether oxygens (including phenoxy) is 3. The Morgan fingerprint density at radius 3 is 2.17 bits per heavy atom. The normalized spacial score (nSPS) is 26.7. The average Bonchev–Trinajstić information content (AvgIpc) is 3.57. The largest absolute Gasteiger partial charge is 0.497 e. The Balaban J connectivity index is 1.45. The Labute approximate surface area is 205 Å². The molecule has 2 aliphatic rings. The third kappa shape index (κ3) is 3.36. The van der Waals surface area contributed by atoms with Crippen LogP contribution in [-0.4, -0.2) is 18.3 Å². The molecule has 4 nitrogen and oxygen atoms in total. The van der Waals surface area contributed by atoms with Crippen LogP contribution in [-0.2, 0) is 22.5 Å². The lowest BCUT2D eigenvalue weighted by Gasteiger charge is -2.23. The van der Waals surface area contributed by atoms with E-state index in [0.29, 0.717) is 13.0 Å². The van der Waals surface area contributed by atoms with Gasteiger partial charge in [-0.1, -0.05) is 91.0 Å². The highest BCUT2D eigenvalue weighted by Gasteiger charge is 2.82. The zero-order valence-electron chi connectivity index (χ0n) is 19.6. The fourth-order valence-corrected chi connectivity index (χ4v) is 5.87. The second kappa shape index (κ2) is 8.56. The van der Waals surface area contributed by atoms with E-state index in [1.807, 2.05) is 84.9 Å². The Kier molecular flexibility index (Phi) is 5.36. The quantitative estimate of drug-likeness (QED) is 0.344. The molecule has 4 heteroatoms. The van der Waals surface area contributed by atoms with Gasteiger partial charge in [0.1, 0.15) is 23.7 Å². The average molecular weight is 465 g/mol. The molecule has 176 valence electrons. The van der Waals surface area contributed by atoms with Crippen molar-refractivity contribution in [1.29, 1.82) is 0 Å². The summed E-state index contributed by atoms with van der Waals surface area (Å²) in [5.41, 5.74) is 2.57. The van der Waals surface area contributed by atoms with Crippen molar-refractivity contribution < 1.29 is 19.3 Å². The van der Waals surface area contributed by atoms with Crippen molar-refractivity contribution in [2.45, 2.75) is 36.3 Å². The van der Waals surface area contributed by atoms with Crippen LogP contribution in [0.3, 0.4) is 0 Å². The van der Waals surface area contributed by atoms with Crippen molar-refractivity contribution in [2.75, 3.05) is 7.11 Å². The molecule has 1 N–H and O–H groups in total. The van der Waals surface area contributed by atoms with Crippen LogP contribution in [0.25, 0.3) is 0 Å². The van der Waals surface area contributed by atoms with E-state index >= 15 is 0 Å². The molecule has 0 radical (unpaired) electrons.